The van der Waals surface area contributed by atoms with Gasteiger partial charge in [-0.15, -0.1) is 0 Å². The number of piperidine rings is 1. The summed E-state index contributed by atoms with van der Waals surface area (Å²) in [6.07, 6.45) is 14.3. The number of aliphatic hydroxyl groups is 1. The lowest BCUT2D eigenvalue weighted by Gasteiger charge is -2.36. The maximum Gasteiger partial charge on any atom is 0.256 e. The quantitative estimate of drug-likeness (QED) is 0.420. The van der Waals surface area contributed by atoms with Crippen LogP contribution in [0.15, 0.2) is 6.20 Å². The molecule has 33 heavy (non-hydrogen) atoms. The van der Waals surface area contributed by atoms with Gasteiger partial charge in [0.05, 0.1) is 6.10 Å². The highest BCUT2D eigenvalue weighted by molar-refractivity contribution is 5.98. The van der Waals surface area contributed by atoms with Crippen LogP contribution in [0.3, 0.4) is 0 Å². The van der Waals surface area contributed by atoms with Gasteiger partial charge in [0.25, 0.3) is 5.91 Å². The molecule has 1 aromatic heterocycles. The Bertz CT molecular complexity index is 753. The molecule has 1 amide bonds. The molecule has 8 heteroatoms. The van der Waals surface area contributed by atoms with Gasteiger partial charge >= 0.3 is 0 Å². The number of hydrogen-bond acceptors (Lipinski definition) is 7. The van der Waals surface area contributed by atoms with Gasteiger partial charge in [-0.2, -0.15) is 4.98 Å². The molecular weight excluding hydrogens is 416 g/mol. The molecule has 0 aromatic carbocycles. The summed E-state index contributed by atoms with van der Waals surface area (Å²) < 4.78 is 0. The number of unbranched alkanes of at least 4 members (excludes halogenated alkanes) is 1. The molecule has 2 aliphatic carbocycles. The summed E-state index contributed by atoms with van der Waals surface area (Å²) in [5.74, 6) is 1.07. The summed E-state index contributed by atoms with van der Waals surface area (Å²) in [7, 11) is 0. The first-order valence-electron chi connectivity index (χ1n) is 13.2. The first-order valence-corrected chi connectivity index (χ1v) is 13.2. The maximum atomic E-state index is 13.2. The third-order valence-electron chi connectivity index (χ3n) is 7.59. The predicted octanol–water partition coefficient (Wildman–Crippen LogP) is 3.54. The first-order chi connectivity index (χ1) is 16.1. The van der Waals surface area contributed by atoms with Crippen LogP contribution in [0.4, 0.5) is 11.8 Å². The number of nitrogens with one attached hydrogen (secondary N) is 3. The van der Waals surface area contributed by atoms with Gasteiger partial charge in [-0.05, 0) is 57.8 Å². The van der Waals surface area contributed by atoms with Crippen LogP contribution in [-0.2, 0) is 0 Å². The molecule has 1 saturated heterocycles. The Morgan fingerprint density at radius 2 is 1.79 bits per heavy atom. The SMILES string of the molecule is CCCCNc1ncc(C(=O)NC2CCN(C3CCCC3)CC2)c(NC2CCC(O)CC2)n1. The monoisotopic (exact) mass is 458 g/mol. The number of aromatic nitrogens is 2. The molecule has 3 fully saturated rings. The van der Waals surface area contributed by atoms with Gasteiger partial charge in [-0.3, -0.25) is 4.79 Å². The van der Waals surface area contributed by atoms with Crippen molar-refractivity contribution in [3.63, 3.8) is 0 Å². The number of carbonyl (C=O) groups is 1. The van der Waals surface area contributed by atoms with Crippen LogP contribution in [0, 0.1) is 0 Å². The van der Waals surface area contributed by atoms with Gasteiger partial charge in [-0.1, -0.05) is 26.2 Å². The molecule has 2 saturated carbocycles. The molecule has 0 bridgehead atoms. The Hall–Kier alpha value is -1.93. The van der Waals surface area contributed by atoms with Crippen LogP contribution < -0.4 is 16.0 Å². The van der Waals surface area contributed by atoms with E-state index in [-0.39, 0.29) is 24.1 Å². The second-order valence-electron chi connectivity index (χ2n) is 10.1. The van der Waals surface area contributed by atoms with E-state index in [1.165, 1.54) is 25.7 Å². The zero-order chi connectivity index (χ0) is 23.0. The van der Waals surface area contributed by atoms with E-state index < -0.39 is 0 Å². The lowest BCUT2D eigenvalue weighted by atomic mass is 9.93. The minimum Gasteiger partial charge on any atom is -0.393 e. The van der Waals surface area contributed by atoms with Crippen LogP contribution in [0.2, 0.25) is 0 Å². The molecule has 2 heterocycles. The average molecular weight is 459 g/mol. The molecule has 4 N–H and O–H groups in total. The normalized spacial score (nSPS) is 25.2. The van der Waals surface area contributed by atoms with E-state index in [1.54, 1.807) is 6.20 Å². The van der Waals surface area contributed by atoms with Crippen molar-refractivity contribution in [3.05, 3.63) is 11.8 Å². The zero-order valence-electron chi connectivity index (χ0n) is 20.2. The average Bonchev–Trinajstić information content (AvgIpc) is 3.36. The third-order valence-corrected chi connectivity index (χ3v) is 7.59. The topological polar surface area (TPSA) is 102 Å². The van der Waals surface area contributed by atoms with E-state index in [0.29, 0.717) is 17.3 Å². The van der Waals surface area contributed by atoms with E-state index in [1.807, 2.05) is 0 Å². The molecule has 0 unspecified atom stereocenters. The van der Waals surface area contributed by atoms with Crippen LogP contribution >= 0.6 is 0 Å². The van der Waals surface area contributed by atoms with E-state index in [9.17, 15) is 9.90 Å². The molecule has 3 aliphatic rings. The molecule has 4 rings (SSSR count). The Balaban J connectivity index is 1.38. The minimum absolute atomic E-state index is 0.0900. The van der Waals surface area contributed by atoms with Crippen molar-refractivity contribution in [2.45, 2.75) is 108 Å². The lowest BCUT2D eigenvalue weighted by molar-refractivity contribution is 0.0892. The highest BCUT2D eigenvalue weighted by Gasteiger charge is 2.29. The summed E-state index contributed by atoms with van der Waals surface area (Å²) in [6, 6.07) is 1.18. The van der Waals surface area contributed by atoms with Crippen molar-refractivity contribution in [2.75, 3.05) is 30.3 Å². The van der Waals surface area contributed by atoms with Gasteiger partial charge in [0.1, 0.15) is 11.4 Å². The molecule has 0 spiro atoms. The predicted molar refractivity (Wildman–Crippen MR) is 132 cm³/mol. The van der Waals surface area contributed by atoms with Crippen LogP contribution in [-0.4, -0.2) is 69.7 Å². The number of likely N-dealkylation sites (tertiary alicyclic amines) is 1. The summed E-state index contributed by atoms with van der Waals surface area (Å²) in [6.45, 7) is 5.11. The van der Waals surface area contributed by atoms with Crippen molar-refractivity contribution in [3.8, 4) is 0 Å². The third kappa shape index (κ3) is 6.79. The Labute approximate surface area is 198 Å². The number of hydrogen-bond donors (Lipinski definition) is 4. The van der Waals surface area contributed by atoms with Crippen molar-refractivity contribution in [1.82, 2.24) is 20.2 Å². The van der Waals surface area contributed by atoms with Gasteiger partial charge in [0.2, 0.25) is 5.95 Å². The van der Waals surface area contributed by atoms with Crippen LogP contribution in [0.5, 0.6) is 0 Å². The second-order valence-corrected chi connectivity index (χ2v) is 10.1. The fourth-order valence-electron chi connectivity index (χ4n) is 5.48. The molecular formula is C25H42N6O2. The molecule has 1 aromatic rings. The largest absolute Gasteiger partial charge is 0.393 e. The number of aliphatic hydroxyl groups excluding tert-OH is 1. The Morgan fingerprint density at radius 3 is 2.48 bits per heavy atom. The number of anilines is 2. The Kier molecular flexibility index (Phi) is 8.78. The van der Waals surface area contributed by atoms with Crippen molar-refractivity contribution in [2.24, 2.45) is 0 Å². The minimum atomic E-state index is -0.211. The lowest BCUT2D eigenvalue weighted by Crippen LogP contribution is -2.47. The summed E-state index contributed by atoms with van der Waals surface area (Å²) in [5.41, 5.74) is 0.514. The summed E-state index contributed by atoms with van der Waals surface area (Å²) in [5, 5.41) is 19.9. The number of nitrogens with zero attached hydrogens (tertiary/aromatic N) is 3. The van der Waals surface area contributed by atoms with E-state index in [0.717, 1.165) is 77.0 Å². The molecule has 8 nitrogen and oxygen atoms in total. The van der Waals surface area contributed by atoms with Crippen molar-refractivity contribution < 1.29 is 9.90 Å². The van der Waals surface area contributed by atoms with Gasteiger partial charge in [0.15, 0.2) is 0 Å². The first kappa shape index (κ1) is 24.2. The smallest absolute Gasteiger partial charge is 0.256 e. The summed E-state index contributed by atoms with van der Waals surface area (Å²) >= 11 is 0. The number of amides is 1. The van der Waals surface area contributed by atoms with E-state index >= 15 is 0 Å². The highest BCUT2D eigenvalue weighted by atomic mass is 16.3. The van der Waals surface area contributed by atoms with Gasteiger partial charge in [0, 0.05) is 44.0 Å². The number of carbonyl (C=O) groups excluding carboxylic acids is 1. The molecule has 0 radical (unpaired) electrons. The standard InChI is InChI=1S/C25H42N6O2/c1-2-3-14-26-25-27-17-22(23(30-25)28-18-8-10-21(32)11-9-18)24(33)29-19-12-15-31(16-13-19)20-6-4-5-7-20/h17-21,32H,2-16H2,1H3,(H,29,33)(H2,26,27,28,30). The summed E-state index contributed by atoms with van der Waals surface area (Å²) in [4.78, 5) is 25.0. The maximum absolute atomic E-state index is 13.2. The van der Waals surface area contributed by atoms with E-state index in [2.05, 4.69) is 37.7 Å². The molecule has 1 aliphatic heterocycles. The van der Waals surface area contributed by atoms with Crippen LogP contribution in [0.25, 0.3) is 0 Å². The molecule has 184 valence electrons. The van der Waals surface area contributed by atoms with Gasteiger partial charge in [-0.25, -0.2) is 4.98 Å². The fraction of sp³-hybridized carbons (Fsp3) is 0.800. The van der Waals surface area contributed by atoms with Crippen molar-refractivity contribution in [1.29, 1.82) is 0 Å². The molecule has 0 atom stereocenters. The Morgan fingerprint density at radius 1 is 1.06 bits per heavy atom. The fourth-order valence-corrected chi connectivity index (χ4v) is 5.48. The van der Waals surface area contributed by atoms with Crippen molar-refractivity contribution >= 4 is 17.7 Å². The van der Waals surface area contributed by atoms with Gasteiger partial charge < -0.3 is 26.0 Å². The number of rotatable bonds is 9. The second kappa shape index (κ2) is 12.0. The van der Waals surface area contributed by atoms with Crippen LogP contribution in [0.1, 0.15) is 94.3 Å². The highest BCUT2D eigenvalue weighted by Crippen LogP contribution is 2.27. The zero-order valence-corrected chi connectivity index (χ0v) is 20.2. The van der Waals surface area contributed by atoms with E-state index in [4.69, 9.17) is 0 Å².